The number of benzene rings is 4. The largest absolute Gasteiger partial charge is 0.444 e. The van der Waals surface area contributed by atoms with Crippen LogP contribution in [0.1, 0.15) is 82.7 Å². The number of aliphatic hydroxyl groups excluding tert-OH is 1. The summed E-state index contributed by atoms with van der Waals surface area (Å²) in [6.07, 6.45) is 0.0743. The highest BCUT2D eigenvalue weighted by Gasteiger charge is 2.36. The average molecular weight is 847 g/mol. The monoisotopic (exact) mass is 846 g/mol. The van der Waals surface area contributed by atoms with E-state index in [0.29, 0.717) is 34.6 Å². The topological polar surface area (TPSA) is 172 Å². The maximum Gasteiger partial charge on any atom is 0.411 e. The Kier molecular flexibility index (Phi) is 13.5. The zero-order chi connectivity index (χ0) is 43.3. The van der Waals surface area contributed by atoms with Crippen molar-refractivity contribution in [1.82, 2.24) is 10.6 Å². The summed E-state index contributed by atoms with van der Waals surface area (Å²) in [4.78, 5) is 24.8. The van der Waals surface area contributed by atoms with Crippen LogP contribution in [0.25, 0.3) is 6.08 Å². The van der Waals surface area contributed by atoms with E-state index in [9.17, 15) is 31.5 Å². The molecule has 2 atom stereocenters. The van der Waals surface area contributed by atoms with Gasteiger partial charge in [0.1, 0.15) is 17.3 Å². The highest BCUT2D eigenvalue weighted by Crippen LogP contribution is 2.37. The number of carbonyl (C=O) groups is 2. The molecule has 0 fully saturated rings. The molecule has 6 rings (SSSR count). The van der Waals surface area contributed by atoms with E-state index < -0.39 is 55.6 Å². The lowest BCUT2D eigenvalue weighted by atomic mass is 10.0. The summed E-state index contributed by atoms with van der Waals surface area (Å²) in [5.41, 5.74) is 3.39. The average Bonchev–Trinajstić information content (AvgIpc) is 3.41. The first-order valence-corrected chi connectivity index (χ1v) is 22.2. The second-order valence-corrected chi connectivity index (χ2v) is 20.2. The van der Waals surface area contributed by atoms with E-state index >= 15 is 0 Å². The summed E-state index contributed by atoms with van der Waals surface area (Å²) < 4.78 is 66.7. The number of carbonyl (C=O) groups excluding carboxylic acids is 2. The van der Waals surface area contributed by atoms with Crippen molar-refractivity contribution < 1.29 is 41.0 Å². The number of anilines is 2. The summed E-state index contributed by atoms with van der Waals surface area (Å²) in [6, 6.07) is 26.8. The molecule has 3 N–H and O–H groups in total. The third-order valence-electron chi connectivity index (χ3n) is 9.25. The Morgan fingerprint density at radius 1 is 0.661 bits per heavy atom. The first-order valence-electron chi connectivity index (χ1n) is 19.3. The molecule has 0 spiro atoms. The first-order chi connectivity index (χ1) is 27.5. The summed E-state index contributed by atoms with van der Waals surface area (Å²) >= 11 is 0. The number of ether oxygens (including phenoxy) is 2. The Balaban J connectivity index is 0.000000224. The summed E-state index contributed by atoms with van der Waals surface area (Å²) in [5, 5.41) is 16.4. The van der Waals surface area contributed by atoms with Crippen molar-refractivity contribution in [2.24, 2.45) is 0 Å². The molecule has 2 aliphatic heterocycles. The molecule has 2 unspecified atom stereocenters. The fourth-order valence-corrected chi connectivity index (χ4v) is 9.47. The van der Waals surface area contributed by atoms with Gasteiger partial charge in [-0.3, -0.25) is 13.9 Å². The Bertz CT molecular complexity index is 2390. The van der Waals surface area contributed by atoms with E-state index in [2.05, 4.69) is 10.6 Å². The second-order valence-electron chi connectivity index (χ2n) is 16.4. The maximum atomic E-state index is 13.4. The van der Waals surface area contributed by atoms with Gasteiger partial charge in [-0.1, -0.05) is 71.8 Å². The zero-order valence-electron chi connectivity index (χ0n) is 34.7. The van der Waals surface area contributed by atoms with Gasteiger partial charge in [0.25, 0.3) is 20.0 Å². The van der Waals surface area contributed by atoms with Crippen molar-refractivity contribution in [2.75, 3.05) is 21.7 Å². The molecule has 15 heteroatoms. The van der Waals surface area contributed by atoms with Crippen molar-refractivity contribution >= 4 is 49.7 Å². The lowest BCUT2D eigenvalue weighted by Gasteiger charge is -2.25. The number of hydrogen-bond donors (Lipinski definition) is 3. The number of hydrogen-bond acceptors (Lipinski definition) is 9. The number of fused-ring (bicyclic) bond motifs is 2. The van der Waals surface area contributed by atoms with Gasteiger partial charge in [0.05, 0.1) is 27.2 Å². The Hall–Kier alpha value is -5.38. The number of aryl methyl sites for hydroxylation is 2. The minimum absolute atomic E-state index is 0.102. The number of nitrogens with zero attached hydrogens (tertiary/aromatic N) is 2. The molecule has 0 aliphatic carbocycles. The highest BCUT2D eigenvalue weighted by atomic mass is 32.2. The fraction of sp³-hybridized carbons (Fsp3) is 0.364. The van der Waals surface area contributed by atoms with Crippen LogP contribution >= 0.6 is 0 Å². The number of nitrogens with one attached hydrogen (secondary N) is 2. The van der Waals surface area contributed by atoms with E-state index in [-0.39, 0.29) is 29.3 Å². The highest BCUT2D eigenvalue weighted by molar-refractivity contribution is 7.93. The van der Waals surface area contributed by atoms with Crippen LogP contribution in [0.4, 0.5) is 21.0 Å². The quantitative estimate of drug-likeness (QED) is 0.174. The lowest BCUT2D eigenvalue weighted by molar-refractivity contribution is 0.0419. The molecule has 13 nitrogen and oxygen atoms in total. The van der Waals surface area contributed by atoms with Crippen molar-refractivity contribution in [3.63, 3.8) is 0 Å². The molecule has 2 aliphatic rings. The Morgan fingerprint density at radius 3 is 1.68 bits per heavy atom. The summed E-state index contributed by atoms with van der Waals surface area (Å²) in [5.74, 6) is 0. The van der Waals surface area contributed by atoms with E-state index in [4.69, 9.17) is 9.47 Å². The van der Waals surface area contributed by atoms with Crippen molar-refractivity contribution in [3.05, 3.63) is 125 Å². The number of rotatable bonds is 6. The molecular formula is C44H54N4O9S2. The van der Waals surface area contributed by atoms with Crippen LogP contribution in [0.2, 0.25) is 0 Å². The standard InChI is InChI=1S/C22H28N2O5S.C22H26N2O4S/c1-15-9-11-16(12-10-15)30(27,28)24-14-13-18(23-21(26)29-22(2,3)4)20(25)17-7-5-6-8-19(17)24;1-16-9-11-19(12-10-16)29(26,27)24-14-13-18(23-21(25)28-22(2,3)4)15-17-7-5-6-8-20(17)24/h5-12,18,20,25H,13-14H2,1-4H3,(H,23,26);5-12,15H,13-14H2,1-4H3,(H,23,25). The number of amides is 2. The van der Waals surface area contributed by atoms with Gasteiger partial charge in [-0.25, -0.2) is 26.4 Å². The van der Waals surface area contributed by atoms with E-state index in [0.717, 1.165) is 11.1 Å². The van der Waals surface area contributed by atoms with Gasteiger partial charge in [-0.2, -0.15) is 0 Å². The SMILES string of the molecule is Cc1ccc(S(=O)(=O)N2CCC(NC(=O)OC(C)(C)C)=Cc3ccccc32)cc1.Cc1ccc(S(=O)(=O)N2CCC(NC(=O)OC(C)(C)C)C(O)c3ccccc32)cc1. The van der Waals surface area contributed by atoms with Crippen molar-refractivity contribution in [1.29, 1.82) is 0 Å². The lowest BCUT2D eigenvalue weighted by Crippen LogP contribution is -2.43. The number of alkyl carbamates (subject to hydrolysis) is 2. The molecule has 2 heterocycles. The molecule has 4 aromatic carbocycles. The van der Waals surface area contributed by atoms with Gasteiger partial charge < -0.3 is 19.9 Å². The fourth-order valence-electron chi connectivity index (χ4n) is 6.47. The maximum absolute atomic E-state index is 13.4. The normalized spacial score (nSPS) is 17.1. The molecule has 316 valence electrons. The van der Waals surface area contributed by atoms with E-state index in [1.165, 1.54) is 8.61 Å². The molecule has 4 aromatic rings. The van der Waals surface area contributed by atoms with Gasteiger partial charge in [0.15, 0.2) is 0 Å². The van der Waals surface area contributed by atoms with E-state index in [1.54, 1.807) is 133 Å². The van der Waals surface area contributed by atoms with Crippen LogP contribution in [-0.4, -0.2) is 64.5 Å². The summed E-state index contributed by atoms with van der Waals surface area (Å²) in [7, 11) is -7.58. The molecule has 0 radical (unpaired) electrons. The number of aliphatic hydroxyl groups is 1. The van der Waals surface area contributed by atoms with Crippen LogP contribution < -0.4 is 19.2 Å². The minimum Gasteiger partial charge on any atom is -0.444 e. The number of sulfonamides is 2. The van der Waals surface area contributed by atoms with E-state index in [1.807, 2.05) is 26.0 Å². The molecule has 2 amide bonds. The first kappa shape index (κ1) is 44.7. The van der Waals surface area contributed by atoms with Gasteiger partial charge in [0, 0.05) is 36.3 Å². The van der Waals surface area contributed by atoms with Crippen LogP contribution in [0.5, 0.6) is 0 Å². The van der Waals surface area contributed by atoms with Gasteiger partial charge in [-0.05, 0) is 104 Å². The molecule has 0 aromatic heterocycles. The van der Waals surface area contributed by atoms with Gasteiger partial charge in [-0.15, -0.1) is 0 Å². The van der Waals surface area contributed by atoms with Crippen LogP contribution in [0, 0.1) is 13.8 Å². The van der Waals surface area contributed by atoms with Crippen LogP contribution in [0.15, 0.2) is 113 Å². The van der Waals surface area contributed by atoms with Gasteiger partial charge >= 0.3 is 12.2 Å². The third kappa shape index (κ3) is 11.4. The molecule has 0 saturated carbocycles. The number of para-hydroxylation sites is 2. The Labute approximate surface area is 348 Å². The van der Waals surface area contributed by atoms with Crippen LogP contribution in [0.3, 0.4) is 0 Å². The predicted octanol–water partition coefficient (Wildman–Crippen LogP) is 7.98. The predicted molar refractivity (Wildman–Crippen MR) is 229 cm³/mol. The molecule has 0 saturated heterocycles. The second kappa shape index (κ2) is 17.9. The smallest absolute Gasteiger partial charge is 0.411 e. The molecule has 59 heavy (non-hydrogen) atoms. The molecule has 0 bridgehead atoms. The summed E-state index contributed by atoms with van der Waals surface area (Å²) in [6.45, 7) is 14.7. The third-order valence-corrected chi connectivity index (χ3v) is 12.9. The van der Waals surface area contributed by atoms with Crippen molar-refractivity contribution in [2.45, 2.75) is 101 Å². The molecular weight excluding hydrogens is 793 g/mol. The van der Waals surface area contributed by atoms with Gasteiger partial charge in [0.2, 0.25) is 0 Å². The van der Waals surface area contributed by atoms with Crippen molar-refractivity contribution in [3.8, 4) is 0 Å². The zero-order valence-corrected chi connectivity index (χ0v) is 36.4. The van der Waals surface area contributed by atoms with Crippen LogP contribution in [-0.2, 0) is 29.5 Å². The Morgan fingerprint density at radius 2 is 1.14 bits per heavy atom. The minimum atomic E-state index is -3.84.